The van der Waals surface area contributed by atoms with Gasteiger partial charge in [0.2, 0.25) is 0 Å². The second kappa shape index (κ2) is 7.00. The monoisotopic (exact) mass is 291 g/mol. The highest BCUT2D eigenvalue weighted by Crippen LogP contribution is 2.39. The molecule has 1 aromatic rings. The predicted molar refractivity (Wildman–Crippen MR) is 90.6 cm³/mol. The van der Waals surface area contributed by atoms with Gasteiger partial charge in [-0.15, -0.1) is 11.8 Å². The van der Waals surface area contributed by atoms with Gasteiger partial charge in [-0.3, -0.25) is 0 Å². The van der Waals surface area contributed by atoms with Crippen LogP contribution in [0.3, 0.4) is 0 Å². The summed E-state index contributed by atoms with van der Waals surface area (Å²) in [4.78, 5) is 1.50. The molecule has 0 amide bonds. The van der Waals surface area contributed by atoms with Crippen molar-refractivity contribution in [3.63, 3.8) is 0 Å². The lowest BCUT2D eigenvalue weighted by atomic mass is 9.87. The van der Waals surface area contributed by atoms with Gasteiger partial charge in [0.1, 0.15) is 0 Å². The van der Waals surface area contributed by atoms with Gasteiger partial charge in [-0.1, -0.05) is 45.9 Å². The molecule has 1 aromatic carbocycles. The minimum absolute atomic E-state index is 0.433. The first-order valence-electron chi connectivity index (χ1n) is 7.97. The Hall–Kier alpha value is -0.470. The molecule has 2 heteroatoms. The summed E-state index contributed by atoms with van der Waals surface area (Å²) in [6.07, 6.45) is 5.03. The van der Waals surface area contributed by atoms with Crippen molar-refractivity contribution in [3.8, 4) is 0 Å². The highest BCUT2D eigenvalue weighted by molar-refractivity contribution is 8.00. The van der Waals surface area contributed by atoms with Crippen LogP contribution < -0.4 is 5.32 Å². The van der Waals surface area contributed by atoms with Gasteiger partial charge >= 0.3 is 0 Å². The minimum atomic E-state index is 0.433. The number of nitrogens with one attached hydrogen (secondary N) is 1. The minimum Gasteiger partial charge on any atom is -0.313 e. The summed E-state index contributed by atoms with van der Waals surface area (Å²) in [6.45, 7) is 10.4. The van der Waals surface area contributed by atoms with Crippen LogP contribution in [0.15, 0.2) is 29.2 Å². The third-order valence-electron chi connectivity index (χ3n) is 3.98. The molecular weight excluding hydrogens is 262 g/mol. The molecule has 1 N–H and O–H groups in total. The maximum Gasteiger partial charge on any atom is 0.0289 e. The van der Waals surface area contributed by atoms with Crippen molar-refractivity contribution < 1.29 is 0 Å². The second-order valence-electron chi connectivity index (χ2n) is 7.13. The molecule has 0 saturated carbocycles. The standard InChI is InChI=1S/C18H29NS/c1-5-12-19-15(10-11-18(2,3)4)17-13-14-8-6-7-9-16(14)20-17/h6-9,15,17,19H,5,10-13H2,1-4H3. The normalized spacial score (nSPS) is 19.9. The van der Waals surface area contributed by atoms with Crippen molar-refractivity contribution in [2.24, 2.45) is 5.41 Å². The summed E-state index contributed by atoms with van der Waals surface area (Å²) in [7, 11) is 0. The molecule has 0 radical (unpaired) electrons. The summed E-state index contributed by atoms with van der Waals surface area (Å²) in [5.41, 5.74) is 1.98. The van der Waals surface area contributed by atoms with Crippen molar-refractivity contribution in [1.82, 2.24) is 5.32 Å². The van der Waals surface area contributed by atoms with E-state index in [9.17, 15) is 0 Å². The van der Waals surface area contributed by atoms with Crippen molar-refractivity contribution in [2.45, 2.75) is 69.6 Å². The molecule has 2 atom stereocenters. The maximum atomic E-state index is 3.80. The summed E-state index contributed by atoms with van der Waals surface area (Å²) in [6, 6.07) is 9.55. The van der Waals surface area contributed by atoms with Gasteiger partial charge in [0.25, 0.3) is 0 Å². The van der Waals surface area contributed by atoms with Gasteiger partial charge in [0.15, 0.2) is 0 Å². The average Bonchev–Trinajstić information content (AvgIpc) is 2.81. The van der Waals surface area contributed by atoms with E-state index in [0.717, 1.165) is 6.54 Å². The predicted octanol–water partition coefficient (Wildman–Crippen LogP) is 4.90. The SMILES string of the molecule is CCCNC(CCC(C)(C)C)C1Cc2ccccc2S1. The van der Waals surface area contributed by atoms with Crippen molar-refractivity contribution >= 4 is 11.8 Å². The molecule has 1 nitrogen and oxygen atoms in total. The molecule has 1 aliphatic heterocycles. The van der Waals surface area contributed by atoms with E-state index >= 15 is 0 Å². The molecule has 0 bridgehead atoms. The van der Waals surface area contributed by atoms with Crippen LogP contribution in [0.25, 0.3) is 0 Å². The molecule has 0 spiro atoms. The van der Waals surface area contributed by atoms with E-state index in [4.69, 9.17) is 0 Å². The lowest BCUT2D eigenvalue weighted by Gasteiger charge is -2.28. The summed E-state index contributed by atoms with van der Waals surface area (Å²) in [5, 5.41) is 4.51. The fraction of sp³-hybridized carbons (Fsp3) is 0.667. The highest BCUT2D eigenvalue weighted by atomic mass is 32.2. The Morgan fingerprint density at radius 1 is 1.30 bits per heavy atom. The van der Waals surface area contributed by atoms with Gasteiger partial charge in [0.05, 0.1) is 0 Å². The first-order valence-corrected chi connectivity index (χ1v) is 8.85. The Labute approximate surface area is 128 Å². The molecule has 20 heavy (non-hydrogen) atoms. The average molecular weight is 292 g/mol. The lowest BCUT2D eigenvalue weighted by molar-refractivity contribution is 0.326. The van der Waals surface area contributed by atoms with E-state index in [1.165, 1.54) is 30.6 Å². The third kappa shape index (κ3) is 4.53. The van der Waals surface area contributed by atoms with Gasteiger partial charge in [-0.05, 0) is 49.3 Å². The first kappa shape index (κ1) is 15.9. The molecule has 0 aromatic heterocycles. The summed E-state index contributed by atoms with van der Waals surface area (Å²) in [5.74, 6) is 0. The molecule has 2 rings (SSSR count). The number of hydrogen-bond acceptors (Lipinski definition) is 2. The highest BCUT2D eigenvalue weighted by Gasteiger charge is 2.29. The van der Waals surface area contributed by atoms with Gasteiger partial charge < -0.3 is 5.32 Å². The van der Waals surface area contributed by atoms with Crippen LogP contribution >= 0.6 is 11.8 Å². The lowest BCUT2D eigenvalue weighted by Crippen LogP contribution is -2.39. The molecule has 1 aliphatic rings. The van der Waals surface area contributed by atoms with E-state index in [-0.39, 0.29) is 0 Å². The fourth-order valence-corrected chi connectivity index (χ4v) is 4.22. The van der Waals surface area contributed by atoms with Crippen LogP contribution in [0.2, 0.25) is 0 Å². The molecule has 112 valence electrons. The van der Waals surface area contributed by atoms with Crippen molar-refractivity contribution in [1.29, 1.82) is 0 Å². The zero-order valence-electron chi connectivity index (χ0n) is 13.4. The molecular formula is C18H29NS. The van der Waals surface area contributed by atoms with Crippen molar-refractivity contribution in [2.75, 3.05) is 6.54 Å². The maximum absolute atomic E-state index is 3.80. The van der Waals surface area contributed by atoms with Gasteiger partial charge in [-0.25, -0.2) is 0 Å². The Morgan fingerprint density at radius 2 is 2.05 bits per heavy atom. The number of benzene rings is 1. The Balaban J connectivity index is 1.97. The zero-order chi connectivity index (χ0) is 14.6. The third-order valence-corrected chi connectivity index (χ3v) is 5.43. The number of rotatable bonds is 6. The quantitative estimate of drug-likeness (QED) is 0.800. The molecule has 0 aliphatic carbocycles. The van der Waals surface area contributed by atoms with Crippen LogP contribution in [0, 0.1) is 5.41 Å². The number of hydrogen-bond donors (Lipinski definition) is 1. The molecule has 1 heterocycles. The van der Waals surface area contributed by atoms with E-state index in [2.05, 4.69) is 69.0 Å². The van der Waals surface area contributed by atoms with Crippen LogP contribution in [0.5, 0.6) is 0 Å². The zero-order valence-corrected chi connectivity index (χ0v) is 14.2. The Morgan fingerprint density at radius 3 is 2.70 bits per heavy atom. The Kier molecular flexibility index (Phi) is 5.57. The van der Waals surface area contributed by atoms with E-state index in [1.807, 2.05) is 0 Å². The summed E-state index contributed by atoms with van der Waals surface area (Å²) < 4.78 is 0. The van der Waals surface area contributed by atoms with E-state index < -0.39 is 0 Å². The second-order valence-corrected chi connectivity index (χ2v) is 8.41. The van der Waals surface area contributed by atoms with E-state index in [1.54, 1.807) is 5.56 Å². The molecule has 2 unspecified atom stereocenters. The largest absolute Gasteiger partial charge is 0.313 e. The fourth-order valence-electron chi connectivity index (χ4n) is 2.77. The van der Waals surface area contributed by atoms with Crippen LogP contribution in [0.4, 0.5) is 0 Å². The molecule has 0 fully saturated rings. The number of fused-ring (bicyclic) bond motifs is 1. The van der Waals surface area contributed by atoms with Crippen LogP contribution in [-0.2, 0) is 6.42 Å². The first-order chi connectivity index (χ1) is 9.49. The molecule has 0 saturated heterocycles. The topological polar surface area (TPSA) is 12.0 Å². The van der Waals surface area contributed by atoms with E-state index in [0.29, 0.717) is 16.7 Å². The smallest absolute Gasteiger partial charge is 0.0289 e. The van der Waals surface area contributed by atoms with Crippen LogP contribution in [0.1, 0.15) is 52.5 Å². The van der Waals surface area contributed by atoms with Crippen LogP contribution in [-0.4, -0.2) is 17.8 Å². The van der Waals surface area contributed by atoms with Crippen molar-refractivity contribution in [3.05, 3.63) is 29.8 Å². The van der Waals surface area contributed by atoms with Gasteiger partial charge in [0, 0.05) is 16.2 Å². The van der Waals surface area contributed by atoms with Gasteiger partial charge in [-0.2, -0.15) is 0 Å². The Bertz CT molecular complexity index is 397. The summed E-state index contributed by atoms with van der Waals surface area (Å²) >= 11 is 2.08. The number of thioether (sulfide) groups is 1.